The maximum atomic E-state index is 13.4. The summed E-state index contributed by atoms with van der Waals surface area (Å²) in [6.07, 6.45) is 3.41. The van der Waals surface area contributed by atoms with Crippen molar-refractivity contribution in [1.29, 1.82) is 0 Å². The van der Waals surface area contributed by atoms with Crippen LogP contribution >= 0.6 is 0 Å². The second-order valence-corrected chi connectivity index (χ2v) is 8.69. The van der Waals surface area contributed by atoms with Gasteiger partial charge in [-0.3, -0.25) is 4.79 Å². The predicted molar refractivity (Wildman–Crippen MR) is 140 cm³/mol. The summed E-state index contributed by atoms with van der Waals surface area (Å²) in [6.45, 7) is 3.80. The van der Waals surface area contributed by atoms with E-state index in [1.165, 1.54) is 6.42 Å². The molecule has 3 aromatic carbocycles. The summed E-state index contributed by atoms with van der Waals surface area (Å²) in [5.74, 6) is 0.547. The number of carbonyl (C=O) groups excluding carboxylic acids is 2. The van der Waals surface area contributed by atoms with Crippen LogP contribution in [0.2, 0.25) is 0 Å². The van der Waals surface area contributed by atoms with Gasteiger partial charge in [-0.15, -0.1) is 0 Å². The van der Waals surface area contributed by atoms with Crippen molar-refractivity contribution in [2.45, 2.75) is 32.2 Å². The average Bonchev–Trinajstić information content (AvgIpc) is 2.90. The van der Waals surface area contributed by atoms with Crippen LogP contribution in [0.4, 0.5) is 21.9 Å². The van der Waals surface area contributed by atoms with E-state index in [1.807, 2.05) is 49.4 Å². The molecule has 1 aliphatic heterocycles. The SMILES string of the molecule is COc1ccc(NC(=O)Nc2ccc(N3CCCCC3)c(C(=O)NC(C)c3ccccc3)c2)cc1. The summed E-state index contributed by atoms with van der Waals surface area (Å²) in [7, 11) is 1.59. The predicted octanol–water partition coefficient (Wildman–Crippen LogP) is 5.82. The highest BCUT2D eigenvalue weighted by Gasteiger charge is 2.21. The number of rotatable bonds is 7. The third kappa shape index (κ3) is 6.32. The Labute approximate surface area is 206 Å². The first-order valence-corrected chi connectivity index (χ1v) is 12.0. The van der Waals surface area contributed by atoms with Crippen molar-refractivity contribution in [2.75, 3.05) is 35.7 Å². The monoisotopic (exact) mass is 472 g/mol. The first kappa shape index (κ1) is 24.1. The molecule has 7 heteroatoms. The Kier molecular flexibility index (Phi) is 7.88. The molecule has 1 fully saturated rings. The number of hydrogen-bond acceptors (Lipinski definition) is 4. The van der Waals surface area contributed by atoms with Crippen molar-refractivity contribution in [2.24, 2.45) is 0 Å². The lowest BCUT2D eigenvalue weighted by Crippen LogP contribution is -2.33. The number of nitrogens with zero attached hydrogens (tertiary/aromatic N) is 1. The van der Waals surface area contributed by atoms with Gasteiger partial charge in [-0.25, -0.2) is 4.79 Å². The number of nitrogens with one attached hydrogen (secondary N) is 3. The molecular formula is C28H32N4O3. The van der Waals surface area contributed by atoms with Gasteiger partial charge in [-0.2, -0.15) is 0 Å². The summed E-state index contributed by atoms with van der Waals surface area (Å²) >= 11 is 0. The molecule has 1 saturated heterocycles. The third-order valence-electron chi connectivity index (χ3n) is 6.19. The van der Waals surface area contributed by atoms with Gasteiger partial charge in [0.25, 0.3) is 5.91 Å². The van der Waals surface area contributed by atoms with Gasteiger partial charge in [-0.05, 0) is 74.2 Å². The van der Waals surface area contributed by atoms with E-state index < -0.39 is 0 Å². The summed E-state index contributed by atoms with van der Waals surface area (Å²) in [5.41, 5.74) is 3.67. The van der Waals surface area contributed by atoms with Crippen LogP contribution in [-0.4, -0.2) is 32.1 Å². The summed E-state index contributed by atoms with van der Waals surface area (Å²) < 4.78 is 5.15. The van der Waals surface area contributed by atoms with Gasteiger partial charge in [0.2, 0.25) is 0 Å². The zero-order chi connectivity index (χ0) is 24.6. The van der Waals surface area contributed by atoms with E-state index in [-0.39, 0.29) is 18.0 Å². The lowest BCUT2D eigenvalue weighted by atomic mass is 10.0. The van der Waals surface area contributed by atoms with E-state index in [1.54, 1.807) is 37.4 Å². The standard InChI is InChI=1S/C28H32N4O3/c1-20(21-9-5-3-6-10-21)29-27(33)25-19-23(13-16-26(25)32-17-7-4-8-18-32)31-28(34)30-22-11-14-24(35-2)15-12-22/h3,5-6,9-16,19-20H,4,7-8,17-18H2,1-2H3,(H,29,33)(H2,30,31,34). The molecule has 0 spiro atoms. The zero-order valence-corrected chi connectivity index (χ0v) is 20.2. The molecule has 3 N–H and O–H groups in total. The Balaban J connectivity index is 1.52. The molecule has 0 radical (unpaired) electrons. The van der Waals surface area contributed by atoms with Crippen LogP contribution in [0.5, 0.6) is 5.75 Å². The number of ether oxygens (including phenoxy) is 1. The van der Waals surface area contributed by atoms with Crippen LogP contribution in [0.1, 0.15) is 48.1 Å². The van der Waals surface area contributed by atoms with Gasteiger partial charge < -0.3 is 25.6 Å². The van der Waals surface area contributed by atoms with Gasteiger partial charge >= 0.3 is 6.03 Å². The van der Waals surface area contributed by atoms with Crippen molar-refractivity contribution >= 4 is 29.0 Å². The molecule has 1 unspecified atom stereocenters. The lowest BCUT2D eigenvalue weighted by molar-refractivity contribution is 0.0940. The first-order valence-electron chi connectivity index (χ1n) is 12.0. The fraction of sp³-hybridized carbons (Fsp3) is 0.286. The zero-order valence-electron chi connectivity index (χ0n) is 20.2. The minimum absolute atomic E-state index is 0.145. The van der Waals surface area contributed by atoms with Crippen LogP contribution in [-0.2, 0) is 0 Å². The average molecular weight is 473 g/mol. The lowest BCUT2D eigenvalue weighted by Gasteiger charge is -2.31. The van der Waals surface area contributed by atoms with Gasteiger partial charge in [0.15, 0.2) is 0 Å². The number of piperidine rings is 1. The summed E-state index contributed by atoms with van der Waals surface area (Å²) in [5, 5.41) is 8.77. The molecule has 1 aliphatic rings. The van der Waals surface area contributed by atoms with Crippen LogP contribution in [0.25, 0.3) is 0 Å². The van der Waals surface area contributed by atoms with Crippen molar-refractivity contribution < 1.29 is 14.3 Å². The highest BCUT2D eigenvalue weighted by atomic mass is 16.5. The number of methoxy groups -OCH3 is 1. The Morgan fingerprint density at radius 1 is 0.857 bits per heavy atom. The Morgan fingerprint density at radius 3 is 2.20 bits per heavy atom. The number of benzene rings is 3. The van der Waals surface area contributed by atoms with E-state index in [9.17, 15) is 9.59 Å². The third-order valence-corrected chi connectivity index (χ3v) is 6.19. The molecule has 1 atom stereocenters. The molecule has 4 rings (SSSR count). The Hall–Kier alpha value is -4.00. The maximum Gasteiger partial charge on any atom is 0.323 e. The van der Waals surface area contributed by atoms with E-state index in [4.69, 9.17) is 4.74 Å². The van der Waals surface area contributed by atoms with E-state index in [2.05, 4.69) is 20.9 Å². The van der Waals surface area contributed by atoms with Gasteiger partial charge in [0, 0.05) is 30.2 Å². The van der Waals surface area contributed by atoms with Crippen molar-refractivity contribution in [1.82, 2.24) is 5.32 Å². The molecule has 7 nitrogen and oxygen atoms in total. The number of hydrogen-bond donors (Lipinski definition) is 3. The maximum absolute atomic E-state index is 13.4. The van der Waals surface area contributed by atoms with Crippen molar-refractivity contribution in [3.05, 3.63) is 83.9 Å². The van der Waals surface area contributed by atoms with Crippen LogP contribution in [0.15, 0.2) is 72.8 Å². The normalized spacial score (nSPS) is 14.1. The number of urea groups is 1. The molecular weight excluding hydrogens is 440 g/mol. The van der Waals surface area contributed by atoms with E-state index in [0.29, 0.717) is 22.7 Å². The van der Waals surface area contributed by atoms with E-state index in [0.717, 1.165) is 37.2 Å². The fourth-order valence-corrected chi connectivity index (χ4v) is 4.27. The molecule has 35 heavy (non-hydrogen) atoms. The second kappa shape index (κ2) is 11.4. The van der Waals surface area contributed by atoms with Crippen LogP contribution in [0, 0.1) is 0 Å². The minimum atomic E-state index is -0.384. The summed E-state index contributed by atoms with van der Waals surface area (Å²) in [4.78, 5) is 28.3. The van der Waals surface area contributed by atoms with Gasteiger partial charge in [-0.1, -0.05) is 30.3 Å². The number of anilines is 3. The molecule has 0 bridgehead atoms. The molecule has 1 heterocycles. The molecule has 3 amide bonds. The Bertz CT molecular complexity index is 1140. The topological polar surface area (TPSA) is 82.7 Å². The van der Waals surface area contributed by atoms with E-state index >= 15 is 0 Å². The minimum Gasteiger partial charge on any atom is -0.497 e. The largest absolute Gasteiger partial charge is 0.497 e. The highest BCUT2D eigenvalue weighted by molar-refractivity contribution is 6.04. The van der Waals surface area contributed by atoms with Gasteiger partial charge in [0.1, 0.15) is 5.75 Å². The van der Waals surface area contributed by atoms with Gasteiger partial charge in [0.05, 0.1) is 18.7 Å². The molecule has 0 aromatic heterocycles. The fourth-order valence-electron chi connectivity index (χ4n) is 4.27. The second-order valence-electron chi connectivity index (χ2n) is 8.69. The number of amides is 3. The molecule has 0 saturated carbocycles. The van der Waals surface area contributed by atoms with Crippen molar-refractivity contribution in [3.63, 3.8) is 0 Å². The van der Waals surface area contributed by atoms with Crippen LogP contribution in [0.3, 0.4) is 0 Å². The molecule has 0 aliphatic carbocycles. The highest BCUT2D eigenvalue weighted by Crippen LogP contribution is 2.28. The summed E-state index contributed by atoms with van der Waals surface area (Å²) in [6, 6.07) is 22.0. The smallest absolute Gasteiger partial charge is 0.323 e. The molecule has 3 aromatic rings. The first-order chi connectivity index (χ1) is 17.0. The number of carbonyl (C=O) groups is 2. The molecule has 182 valence electrons. The van der Waals surface area contributed by atoms with Crippen molar-refractivity contribution in [3.8, 4) is 5.75 Å². The van der Waals surface area contributed by atoms with Crippen LogP contribution < -0.4 is 25.6 Å². The Morgan fingerprint density at radius 2 is 1.51 bits per heavy atom. The quantitative estimate of drug-likeness (QED) is 0.405.